The van der Waals surface area contributed by atoms with E-state index >= 15 is 0 Å². The number of hydrogen-bond donors (Lipinski definition) is 1. The van der Waals surface area contributed by atoms with Gasteiger partial charge in [0.2, 0.25) is 0 Å². The molecule has 3 nitrogen and oxygen atoms in total. The number of nitrogens with zero attached hydrogens (tertiary/aromatic N) is 1. The van der Waals surface area contributed by atoms with Crippen LogP contribution in [-0.2, 0) is 13.0 Å². The summed E-state index contributed by atoms with van der Waals surface area (Å²) in [6.45, 7) is 5.79. The van der Waals surface area contributed by atoms with Crippen molar-refractivity contribution in [1.82, 2.24) is 10.3 Å². The fourth-order valence-corrected chi connectivity index (χ4v) is 2.11. The van der Waals surface area contributed by atoms with Crippen molar-refractivity contribution in [2.45, 2.75) is 39.3 Å². The molecule has 0 spiro atoms. The second-order valence-corrected chi connectivity index (χ2v) is 5.46. The van der Waals surface area contributed by atoms with E-state index in [0.29, 0.717) is 6.04 Å². The summed E-state index contributed by atoms with van der Waals surface area (Å²) in [5.74, 6) is 0.936. The first-order valence-corrected chi connectivity index (χ1v) is 7.58. The van der Waals surface area contributed by atoms with Gasteiger partial charge in [-0.2, -0.15) is 0 Å². The lowest BCUT2D eigenvalue weighted by Crippen LogP contribution is -2.22. The van der Waals surface area contributed by atoms with Gasteiger partial charge in [-0.3, -0.25) is 4.98 Å². The summed E-state index contributed by atoms with van der Waals surface area (Å²) >= 11 is 0. The smallest absolute Gasteiger partial charge is 0.126 e. The minimum absolute atomic E-state index is 0.455. The summed E-state index contributed by atoms with van der Waals surface area (Å²) in [4.78, 5) is 4.18. The van der Waals surface area contributed by atoms with Crippen molar-refractivity contribution >= 4 is 0 Å². The van der Waals surface area contributed by atoms with E-state index in [0.717, 1.165) is 37.3 Å². The van der Waals surface area contributed by atoms with Gasteiger partial charge in [0.05, 0.1) is 6.61 Å². The number of benzene rings is 1. The average molecular weight is 284 g/mol. The fraction of sp³-hybridized carbons (Fsp3) is 0.389. The molecule has 0 aliphatic heterocycles. The standard InChI is InChI=1S/C18H24N2O/c1-15(2)20-14-17-13-19-11-10-18(17)21-12-6-9-16-7-4-3-5-8-16/h3-5,7-8,10-11,13,15,20H,6,9,12,14H2,1-2H3. The lowest BCUT2D eigenvalue weighted by Gasteiger charge is -2.13. The molecule has 2 rings (SSSR count). The Morgan fingerprint density at radius 3 is 2.71 bits per heavy atom. The SMILES string of the molecule is CC(C)NCc1cnccc1OCCCc1ccccc1. The Morgan fingerprint density at radius 1 is 1.14 bits per heavy atom. The van der Waals surface area contributed by atoms with Crippen molar-refractivity contribution in [3.05, 3.63) is 59.9 Å². The molecular formula is C18H24N2O. The lowest BCUT2D eigenvalue weighted by atomic mass is 10.1. The number of aryl methyl sites for hydroxylation is 1. The predicted molar refractivity (Wildman–Crippen MR) is 86.5 cm³/mol. The highest BCUT2D eigenvalue weighted by molar-refractivity contribution is 5.30. The Kier molecular flexibility index (Phi) is 6.22. The van der Waals surface area contributed by atoms with Crippen LogP contribution in [0.25, 0.3) is 0 Å². The zero-order chi connectivity index (χ0) is 14.9. The molecule has 2 aromatic rings. The molecule has 0 saturated carbocycles. The molecule has 3 heteroatoms. The molecule has 112 valence electrons. The van der Waals surface area contributed by atoms with Crippen molar-refractivity contribution in [2.75, 3.05) is 6.61 Å². The summed E-state index contributed by atoms with van der Waals surface area (Å²) in [6.07, 6.45) is 5.72. The minimum atomic E-state index is 0.455. The van der Waals surface area contributed by atoms with Gasteiger partial charge in [-0.25, -0.2) is 0 Å². The highest BCUT2D eigenvalue weighted by atomic mass is 16.5. The van der Waals surface area contributed by atoms with E-state index in [9.17, 15) is 0 Å². The van der Waals surface area contributed by atoms with Crippen molar-refractivity contribution in [1.29, 1.82) is 0 Å². The molecule has 0 bridgehead atoms. The zero-order valence-corrected chi connectivity index (χ0v) is 12.9. The summed E-state index contributed by atoms with van der Waals surface area (Å²) < 4.78 is 5.91. The molecule has 21 heavy (non-hydrogen) atoms. The number of rotatable bonds is 8. The normalized spacial score (nSPS) is 10.8. The summed E-state index contributed by atoms with van der Waals surface area (Å²) in [6, 6.07) is 12.9. The third kappa shape index (κ3) is 5.56. The largest absolute Gasteiger partial charge is 0.493 e. The van der Waals surface area contributed by atoms with E-state index in [4.69, 9.17) is 4.74 Å². The van der Waals surface area contributed by atoms with Gasteiger partial charge in [0.15, 0.2) is 0 Å². The molecule has 0 fully saturated rings. The molecule has 0 saturated heterocycles. The van der Waals surface area contributed by atoms with Gasteiger partial charge in [0, 0.05) is 30.5 Å². The van der Waals surface area contributed by atoms with Gasteiger partial charge in [0.1, 0.15) is 5.75 Å². The van der Waals surface area contributed by atoms with Gasteiger partial charge in [-0.05, 0) is 24.5 Å². The minimum Gasteiger partial charge on any atom is -0.493 e. The maximum absolute atomic E-state index is 5.91. The van der Waals surface area contributed by atoms with Crippen LogP contribution in [0.1, 0.15) is 31.4 Å². The number of ether oxygens (including phenoxy) is 1. The third-order valence-electron chi connectivity index (χ3n) is 3.27. The molecular weight excluding hydrogens is 260 g/mol. The Bertz CT molecular complexity index is 526. The Hall–Kier alpha value is -1.87. The first-order valence-electron chi connectivity index (χ1n) is 7.58. The molecule has 1 heterocycles. The molecule has 1 N–H and O–H groups in total. The van der Waals surface area contributed by atoms with E-state index in [-0.39, 0.29) is 0 Å². The third-order valence-corrected chi connectivity index (χ3v) is 3.27. The molecule has 0 aliphatic carbocycles. The van der Waals surface area contributed by atoms with Crippen LogP contribution in [0.5, 0.6) is 5.75 Å². The van der Waals surface area contributed by atoms with Gasteiger partial charge in [-0.1, -0.05) is 44.2 Å². The fourth-order valence-electron chi connectivity index (χ4n) is 2.11. The summed E-state index contributed by atoms with van der Waals surface area (Å²) in [5.41, 5.74) is 2.48. The molecule has 0 aliphatic rings. The Morgan fingerprint density at radius 2 is 1.95 bits per heavy atom. The quantitative estimate of drug-likeness (QED) is 0.752. The van der Waals surface area contributed by atoms with E-state index in [1.165, 1.54) is 5.56 Å². The zero-order valence-electron chi connectivity index (χ0n) is 12.9. The maximum Gasteiger partial charge on any atom is 0.126 e. The van der Waals surface area contributed by atoms with Crippen LogP contribution >= 0.6 is 0 Å². The molecule has 0 amide bonds. The maximum atomic E-state index is 5.91. The number of aromatic nitrogens is 1. The number of hydrogen-bond acceptors (Lipinski definition) is 3. The van der Waals surface area contributed by atoms with E-state index in [2.05, 4.69) is 48.4 Å². The van der Waals surface area contributed by atoms with E-state index in [1.54, 1.807) is 6.20 Å². The number of nitrogens with one attached hydrogen (secondary N) is 1. The second-order valence-electron chi connectivity index (χ2n) is 5.46. The highest BCUT2D eigenvalue weighted by Gasteiger charge is 2.04. The van der Waals surface area contributed by atoms with Crippen LogP contribution in [0, 0.1) is 0 Å². The Balaban J connectivity index is 1.80. The van der Waals surface area contributed by atoms with Gasteiger partial charge >= 0.3 is 0 Å². The molecule has 0 atom stereocenters. The second kappa shape index (κ2) is 8.42. The summed E-state index contributed by atoms with van der Waals surface area (Å²) in [7, 11) is 0. The van der Waals surface area contributed by atoms with Gasteiger partial charge < -0.3 is 10.1 Å². The van der Waals surface area contributed by atoms with Gasteiger partial charge in [-0.15, -0.1) is 0 Å². The van der Waals surface area contributed by atoms with Gasteiger partial charge in [0.25, 0.3) is 0 Å². The average Bonchev–Trinajstić information content (AvgIpc) is 2.51. The van der Waals surface area contributed by atoms with Crippen molar-refractivity contribution in [3.63, 3.8) is 0 Å². The van der Waals surface area contributed by atoms with Crippen LogP contribution in [0.3, 0.4) is 0 Å². The van der Waals surface area contributed by atoms with Crippen molar-refractivity contribution in [2.24, 2.45) is 0 Å². The Labute approximate surface area is 127 Å². The van der Waals surface area contributed by atoms with Crippen LogP contribution in [0.2, 0.25) is 0 Å². The predicted octanol–water partition coefficient (Wildman–Crippen LogP) is 3.59. The summed E-state index contributed by atoms with van der Waals surface area (Å²) in [5, 5.41) is 3.40. The monoisotopic (exact) mass is 284 g/mol. The van der Waals surface area contributed by atoms with Crippen LogP contribution < -0.4 is 10.1 Å². The van der Waals surface area contributed by atoms with Crippen LogP contribution in [-0.4, -0.2) is 17.6 Å². The first kappa shape index (κ1) is 15.5. The van der Waals surface area contributed by atoms with Crippen LogP contribution in [0.15, 0.2) is 48.8 Å². The lowest BCUT2D eigenvalue weighted by molar-refractivity contribution is 0.306. The highest BCUT2D eigenvalue weighted by Crippen LogP contribution is 2.17. The topological polar surface area (TPSA) is 34.2 Å². The molecule has 1 aromatic carbocycles. The van der Waals surface area contributed by atoms with Crippen molar-refractivity contribution < 1.29 is 4.74 Å². The molecule has 1 aromatic heterocycles. The van der Waals surface area contributed by atoms with E-state index < -0.39 is 0 Å². The molecule has 0 radical (unpaired) electrons. The van der Waals surface area contributed by atoms with Crippen LogP contribution in [0.4, 0.5) is 0 Å². The molecule has 0 unspecified atom stereocenters. The van der Waals surface area contributed by atoms with Crippen molar-refractivity contribution in [3.8, 4) is 5.75 Å². The first-order chi connectivity index (χ1) is 10.3. The number of pyridine rings is 1. The van der Waals surface area contributed by atoms with E-state index in [1.807, 2.05) is 18.3 Å².